The number of nitrogens with one attached hydrogen (secondary N) is 1. The van der Waals surface area contributed by atoms with Crippen molar-refractivity contribution in [1.82, 2.24) is 14.8 Å². The zero-order valence-electron chi connectivity index (χ0n) is 16.4. The maximum Gasteiger partial charge on any atom is 0.420 e. The Balaban J connectivity index is 1.72. The molecule has 0 unspecified atom stereocenters. The zero-order chi connectivity index (χ0) is 20.6. The molecule has 0 aromatic carbocycles. The van der Waals surface area contributed by atoms with Crippen LogP contribution in [0.5, 0.6) is 0 Å². The summed E-state index contributed by atoms with van der Waals surface area (Å²) in [6.45, 7) is 7.49. The molecule has 5 nitrogen and oxygen atoms in total. The van der Waals surface area contributed by atoms with Crippen molar-refractivity contribution in [1.29, 1.82) is 0 Å². The molecule has 1 aliphatic carbocycles. The molecule has 0 atom stereocenters. The number of aryl methyl sites for hydroxylation is 1. The van der Waals surface area contributed by atoms with Crippen molar-refractivity contribution < 1.29 is 17.9 Å². The van der Waals surface area contributed by atoms with Gasteiger partial charge in [0.1, 0.15) is 5.56 Å². The highest BCUT2D eigenvalue weighted by Gasteiger charge is 2.45. The predicted octanol–water partition coefficient (Wildman–Crippen LogP) is 4.99. The minimum Gasteiger partial charge on any atom is -0.381 e. The summed E-state index contributed by atoms with van der Waals surface area (Å²) in [5, 5.41) is 7.50. The first-order chi connectivity index (χ1) is 13.8. The number of hydrogen-bond donors (Lipinski definition) is 1. The molecule has 4 rings (SSSR count). The highest BCUT2D eigenvalue weighted by molar-refractivity contribution is 5.76. The molecule has 2 aromatic rings. The Morgan fingerprint density at radius 1 is 1.28 bits per heavy atom. The molecular weight excluding hydrogens is 381 g/mol. The van der Waals surface area contributed by atoms with Crippen LogP contribution in [0.25, 0.3) is 5.70 Å². The molecule has 0 spiro atoms. The van der Waals surface area contributed by atoms with Gasteiger partial charge in [-0.3, -0.25) is 9.67 Å². The molecular formula is C21H25F3N4O. The topological polar surface area (TPSA) is 52.0 Å². The predicted molar refractivity (Wildman–Crippen MR) is 104 cm³/mol. The fraction of sp³-hybridized carbons (Fsp3) is 0.524. The van der Waals surface area contributed by atoms with Crippen molar-refractivity contribution in [2.45, 2.75) is 51.2 Å². The number of rotatable bonds is 6. The third kappa shape index (κ3) is 4.47. The first-order valence-corrected chi connectivity index (χ1v) is 9.97. The van der Waals surface area contributed by atoms with Crippen LogP contribution >= 0.6 is 0 Å². The van der Waals surface area contributed by atoms with Crippen LogP contribution in [-0.2, 0) is 17.5 Å². The molecule has 1 N–H and O–H groups in total. The van der Waals surface area contributed by atoms with Crippen molar-refractivity contribution in [3.8, 4) is 0 Å². The third-order valence-electron chi connectivity index (χ3n) is 5.48. The van der Waals surface area contributed by atoms with E-state index in [-0.39, 0.29) is 28.9 Å². The summed E-state index contributed by atoms with van der Waals surface area (Å²) < 4.78 is 49.2. The molecule has 156 valence electrons. The molecule has 3 heterocycles. The third-order valence-corrected chi connectivity index (χ3v) is 5.48. The van der Waals surface area contributed by atoms with E-state index in [9.17, 15) is 13.2 Å². The Labute approximate surface area is 168 Å². The normalized spacial score (nSPS) is 18.1. The molecule has 0 amide bonds. The highest BCUT2D eigenvalue weighted by Crippen LogP contribution is 2.47. The quantitative estimate of drug-likeness (QED) is 0.734. The van der Waals surface area contributed by atoms with Gasteiger partial charge in [0.25, 0.3) is 0 Å². The van der Waals surface area contributed by atoms with Crippen LogP contribution in [-0.4, -0.2) is 28.0 Å². The Morgan fingerprint density at radius 2 is 2.00 bits per heavy atom. The van der Waals surface area contributed by atoms with E-state index in [0.717, 1.165) is 31.4 Å². The summed E-state index contributed by atoms with van der Waals surface area (Å²) in [5.41, 5.74) is 1.19. The second-order valence-electron chi connectivity index (χ2n) is 7.91. The van der Waals surface area contributed by atoms with Gasteiger partial charge < -0.3 is 10.1 Å². The van der Waals surface area contributed by atoms with Crippen molar-refractivity contribution in [3.63, 3.8) is 0 Å². The number of nitrogens with zero attached hydrogens (tertiary/aromatic N) is 3. The molecule has 1 saturated heterocycles. The number of anilines is 1. The van der Waals surface area contributed by atoms with E-state index in [1.807, 2.05) is 6.92 Å². The monoisotopic (exact) mass is 406 g/mol. The van der Waals surface area contributed by atoms with Gasteiger partial charge in [0, 0.05) is 43.3 Å². The van der Waals surface area contributed by atoms with Gasteiger partial charge >= 0.3 is 6.18 Å². The van der Waals surface area contributed by atoms with Crippen molar-refractivity contribution in [2.24, 2.45) is 5.92 Å². The van der Waals surface area contributed by atoms with E-state index in [4.69, 9.17) is 4.74 Å². The van der Waals surface area contributed by atoms with Crippen LogP contribution in [0.3, 0.4) is 0 Å². The number of pyridine rings is 1. The standard InChI is InChI=1S/C21H25F3N4O/c1-13-11-17(5-8-25-13)26-14(2)20-18(21(22,23)24)19(16-3-4-16)27-28(20)12-15-6-9-29-10-7-15/h5,8,11,15-16H,2-4,6-7,9-10,12H2,1H3,(H,25,26). The van der Waals surface area contributed by atoms with Gasteiger partial charge in [-0.15, -0.1) is 0 Å². The minimum atomic E-state index is -4.49. The van der Waals surface area contributed by atoms with E-state index in [0.29, 0.717) is 25.4 Å². The fourth-order valence-electron chi connectivity index (χ4n) is 3.87. The van der Waals surface area contributed by atoms with E-state index in [1.165, 1.54) is 4.68 Å². The van der Waals surface area contributed by atoms with Gasteiger partial charge in [0.05, 0.1) is 17.1 Å². The largest absolute Gasteiger partial charge is 0.420 e. The van der Waals surface area contributed by atoms with E-state index in [1.54, 1.807) is 18.3 Å². The lowest BCUT2D eigenvalue weighted by Gasteiger charge is -2.23. The minimum absolute atomic E-state index is 0.0420. The number of halogens is 3. The second-order valence-corrected chi connectivity index (χ2v) is 7.91. The maximum absolute atomic E-state index is 14.1. The first kappa shape index (κ1) is 19.9. The average molecular weight is 406 g/mol. The summed E-state index contributed by atoms with van der Waals surface area (Å²) in [7, 11) is 0. The van der Waals surface area contributed by atoms with E-state index < -0.39 is 11.7 Å². The van der Waals surface area contributed by atoms with Crippen molar-refractivity contribution >= 4 is 11.4 Å². The van der Waals surface area contributed by atoms with Crippen LogP contribution < -0.4 is 5.32 Å². The zero-order valence-corrected chi connectivity index (χ0v) is 16.4. The summed E-state index contributed by atoms with van der Waals surface area (Å²) in [5.74, 6) is 0.129. The lowest BCUT2D eigenvalue weighted by Crippen LogP contribution is -2.23. The molecule has 0 bridgehead atoms. The molecule has 2 fully saturated rings. The Bertz CT molecular complexity index is 896. The molecule has 1 aliphatic heterocycles. The van der Waals surface area contributed by atoms with Crippen molar-refractivity contribution in [2.75, 3.05) is 18.5 Å². The van der Waals surface area contributed by atoms with Gasteiger partial charge in [-0.05, 0) is 50.7 Å². The van der Waals surface area contributed by atoms with Crippen LogP contribution in [0.4, 0.5) is 18.9 Å². The van der Waals surface area contributed by atoms with Gasteiger partial charge in [-0.2, -0.15) is 18.3 Å². The molecule has 1 saturated carbocycles. The molecule has 2 aliphatic rings. The molecule has 8 heteroatoms. The lowest BCUT2D eigenvalue weighted by molar-refractivity contribution is -0.138. The Morgan fingerprint density at radius 3 is 2.62 bits per heavy atom. The first-order valence-electron chi connectivity index (χ1n) is 9.97. The smallest absolute Gasteiger partial charge is 0.381 e. The molecule has 0 radical (unpaired) electrons. The number of hydrogen-bond acceptors (Lipinski definition) is 4. The summed E-state index contributed by atoms with van der Waals surface area (Å²) in [4.78, 5) is 4.13. The van der Waals surface area contributed by atoms with Crippen LogP contribution in [0.1, 0.15) is 54.2 Å². The molecule has 29 heavy (non-hydrogen) atoms. The van der Waals surface area contributed by atoms with E-state index >= 15 is 0 Å². The van der Waals surface area contributed by atoms with Gasteiger partial charge in [0.2, 0.25) is 0 Å². The number of ether oxygens (including phenoxy) is 1. The van der Waals surface area contributed by atoms with Crippen LogP contribution in [0, 0.1) is 12.8 Å². The van der Waals surface area contributed by atoms with Crippen molar-refractivity contribution in [3.05, 3.63) is 47.6 Å². The van der Waals surface area contributed by atoms with Gasteiger partial charge in [-0.1, -0.05) is 6.58 Å². The lowest BCUT2D eigenvalue weighted by atomic mass is 10.00. The summed E-state index contributed by atoms with van der Waals surface area (Å²) in [6, 6.07) is 3.49. The van der Waals surface area contributed by atoms with Gasteiger partial charge in [-0.25, -0.2) is 0 Å². The summed E-state index contributed by atoms with van der Waals surface area (Å²) >= 11 is 0. The number of alkyl halides is 3. The molecule has 2 aromatic heterocycles. The van der Waals surface area contributed by atoms with E-state index in [2.05, 4.69) is 22.0 Å². The Kier molecular flexibility index (Phi) is 5.38. The van der Waals surface area contributed by atoms with Crippen LogP contribution in [0.2, 0.25) is 0 Å². The average Bonchev–Trinajstić information content (AvgIpc) is 3.43. The van der Waals surface area contributed by atoms with Crippen LogP contribution in [0.15, 0.2) is 24.9 Å². The summed E-state index contributed by atoms with van der Waals surface area (Å²) in [6.07, 6.45) is 0.275. The number of aromatic nitrogens is 3. The second kappa shape index (κ2) is 7.82. The maximum atomic E-state index is 14.1. The van der Waals surface area contributed by atoms with Gasteiger partial charge in [0.15, 0.2) is 0 Å². The highest BCUT2D eigenvalue weighted by atomic mass is 19.4. The SMILES string of the molecule is C=C(Nc1ccnc(C)c1)c1c(C(F)(F)F)c(C2CC2)nn1CC1CCOCC1. The fourth-order valence-corrected chi connectivity index (χ4v) is 3.87. The Hall–Kier alpha value is -2.35.